The second-order valence-corrected chi connectivity index (χ2v) is 5.63. The summed E-state index contributed by atoms with van der Waals surface area (Å²) in [6.45, 7) is 3.17. The Morgan fingerprint density at radius 3 is 3.11 bits per heavy atom. The highest BCUT2D eigenvalue weighted by Crippen LogP contribution is 2.43. The van der Waals surface area contributed by atoms with E-state index in [0.717, 1.165) is 6.54 Å². The van der Waals surface area contributed by atoms with Crippen molar-refractivity contribution in [2.45, 2.75) is 13.0 Å². The summed E-state index contributed by atoms with van der Waals surface area (Å²) < 4.78 is 8.30. The maximum atomic E-state index is 5.98. The largest absolute Gasteiger partial charge is 0.387 e. The van der Waals surface area contributed by atoms with E-state index < -0.39 is 0 Å². The molecule has 4 rings (SSSR count). The quantitative estimate of drug-likeness (QED) is 0.721. The molecule has 1 unspecified atom stereocenters. The van der Waals surface area contributed by atoms with Gasteiger partial charge in [0.25, 0.3) is 0 Å². The fraction of sp³-hybridized carbons (Fsp3) is 0.200. The molecule has 0 aromatic heterocycles. The number of hydrogen-bond acceptors (Lipinski definition) is 2. The summed E-state index contributed by atoms with van der Waals surface area (Å²) in [5.41, 5.74) is 4.01. The monoisotopic (exact) mass is 251 g/mol. The van der Waals surface area contributed by atoms with Gasteiger partial charge in [0.15, 0.2) is 0 Å². The van der Waals surface area contributed by atoms with Crippen LogP contribution in [0.2, 0.25) is 0 Å². The van der Waals surface area contributed by atoms with Gasteiger partial charge in [0, 0.05) is 17.8 Å². The molecule has 0 fully saturated rings. The van der Waals surface area contributed by atoms with Gasteiger partial charge < -0.3 is 8.99 Å². The molecule has 3 heteroatoms. The second kappa shape index (κ2) is 3.70. The molecule has 1 atom stereocenters. The molecule has 2 aromatic carbocycles. The Hall–Kier alpha value is -1.58. The molecule has 1 heterocycles. The zero-order valence-corrected chi connectivity index (χ0v) is 11.2. The highest BCUT2D eigenvalue weighted by atomic mass is 28.2. The van der Waals surface area contributed by atoms with Crippen molar-refractivity contribution >= 4 is 32.5 Å². The van der Waals surface area contributed by atoms with Gasteiger partial charge in [-0.1, -0.05) is 36.4 Å². The first-order valence-electron chi connectivity index (χ1n) is 6.31. The third-order valence-corrected chi connectivity index (χ3v) is 4.86. The summed E-state index contributed by atoms with van der Waals surface area (Å²) >= 11 is 0. The van der Waals surface area contributed by atoms with Crippen molar-refractivity contribution in [2.75, 3.05) is 11.1 Å². The lowest BCUT2D eigenvalue weighted by atomic mass is 9.90. The first kappa shape index (κ1) is 10.3. The zero-order chi connectivity index (χ0) is 12.1. The number of anilines is 1. The molecule has 2 aromatic rings. The maximum absolute atomic E-state index is 5.98. The highest BCUT2D eigenvalue weighted by molar-refractivity contribution is 6.35. The van der Waals surface area contributed by atoms with Crippen LogP contribution in [0.1, 0.15) is 24.2 Å². The molecule has 0 saturated carbocycles. The lowest BCUT2D eigenvalue weighted by Gasteiger charge is -2.35. The van der Waals surface area contributed by atoms with Crippen LogP contribution in [0.15, 0.2) is 36.4 Å². The fourth-order valence-corrected chi connectivity index (χ4v) is 3.74. The minimum Gasteiger partial charge on any atom is -0.387 e. The predicted molar refractivity (Wildman–Crippen MR) is 75.6 cm³/mol. The molecule has 0 N–H and O–H groups in total. The Morgan fingerprint density at radius 1 is 1.28 bits per heavy atom. The molecule has 1 aliphatic carbocycles. The molecule has 0 amide bonds. The zero-order valence-electron chi connectivity index (χ0n) is 10.2. The van der Waals surface area contributed by atoms with Crippen LogP contribution >= 0.6 is 0 Å². The molecule has 2 radical (unpaired) electrons. The van der Waals surface area contributed by atoms with Gasteiger partial charge in [0.1, 0.15) is 0 Å². The third-order valence-electron chi connectivity index (χ3n) is 3.73. The van der Waals surface area contributed by atoms with Crippen LogP contribution in [0.3, 0.4) is 0 Å². The average Bonchev–Trinajstić information content (AvgIpc) is 2.44. The molecular formula is C15H13NOSi. The van der Waals surface area contributed by atoms with E-state index in [0.29, 0.717) is 9.92 Å². The summed E-state index contributed by atoms with van der Waals surface area (Å²) in [7, 11) is 0.429. The van der Waals surface area contributed by atoms with E-state index in [4.69, 9.17) is 4.43 Å². The van der Waals surface area contributed by atoms with Crippen molar-refractivity contribution in [1.29, 1.82) is 0 Å². The topological polar surface area (TPSA) is 12.5 Å². The van der Waals surface area contributed by atoms with Crippen molar-refractivity contribution in [3.8, 4) is 0 Å². The van der Waals surface area contributed by atoms with Crippen molar-refractivity contribution in [2.24, 2.45) is 0 Å². The Balaban J connectivity index is 2.11. The molecule has 2 aliphatic rings. The molecule has 0 saturated heterocycles. The van der Waals surface area contributed by atoms with Crippen LogP contribution in [0, 0.1) is 0 Å². The van der Waals surface area contributed by atoms with Crippen molar-refractivity contribution < 1.29 is 4.43 Å². The minimum absolute atomic E-state index is 0.139. The minimum atomic E-state index is 0.139. The van der Waals surface area contributed by atoms with Crippen molar-refractivity contribution in [3.05, 3.63) is 47.5 Å². The summed E-state index contributed by atoms with van der Waals surface area (Å²) in [6, 6.07) is 11.0. The van der Waals surface area contributed by atoms with Crippen LogP contribution in [0.5, 0.6) is 0 Å². The van der Waals surface area contributed by atoms with E-state index >= 15 is 0 Å². The molecule has 2 nitrogen and oxygen atoms in total. The van der Waals surface area contributed by atoms with Crippen LogP contribution < -0.4 is 4.57 Å². The van der Waals surface area contributed by atoms with E-state index in [2.05, 4.69) is 54.0 Å². The van der Waals surface area contributed by atoms with Crippen molar-refractivity contribution in [3.63, 3.8) is 0 Å². The van der Waals surface area contributed by atoms with E-state index in [9.17, 15) is 0 Å². The third kappa shape index (κ3) is 1.26. The van der Waals surface area contributed by atoms with Gasteiger partial charge in [-0.2, -0.15) is 0 Å². The van der Waals surface area contributed by atoms with Gasteiger partial charge in [-0.3, -0.25) is 0 Å². The van der Waals surface area contributed by atoms with E-state index in [-0.39, 0.29) is 6.10 Å². The van der Waals surface area contributed by atoms with E-state index in [1.54, 1.807) is 0 Å². The molecule has 0 bridgehead atoms. The first-order chi connectivity index (χ1) is 8.88. The van der Waals surface area contributed by atoms with E-state index in [1.165, 1.54) is 27.6 Å². The van der Waals surface area contributed by atoms with Gasteiger partial charge in [0.05, 0.1) is 6.10 Å². The van der Waals surface area contributed by atoms with Gasteiger partial charge in [-0.05, 0) is 29.3 Å². The summed E-state index contributed by atoms with van der Waals surface area (Å²) in [4.78, 5) is 0. The fourth-order valence-electron chi connectivity index (χ4n) is 2.88. The van der Waals surface area contributed by atoms with Crippen LogP contribution in [-0.4, -0.2) is 16.5 Å². The smallest absolute Gasteiger partial charge is 0.383 e. The highest BCUT2D eigenvalue weighted by Gasteiger charge is 2.29. The molecule has 1 aliphatic heterocycles. The van der Waals surface area contributed by atoms with Gasteiger partial charge in [0.2, 0.25) is 0 Å². The molecule has 88 valence electrons. The number of hydrogen-bond donors (Lipinski definition) is 0. The molecule has 18 heavy (non-hydrogen) atoms. The van der Waals surface area contributed by atoms with Crippen molar-refractivity contribution in [1.82, 2.24) is 0 Å². The first-order valence-corrected chi connectivity index (χ1v) is 7.16. The lowest BCUT2D eigenvalue weighted by Crippen LogP contribution is -2.36. The van der Waals surface area contributed by atoms with Gasteiger partial charge in [-0.25, -0.2) is 0 Å². The van der Waals surface area contributed by atoms with Gasteiger partial charge >= 0.3 is 9.92 Å². The average molecular weight is 251 g/mol. The predicted octanol–water partition coefficient (Wildman–Crippen LogP) is 3.30. The number of nitrogens with zero attached hydrogens (tertiary/aromatic N) is 1. The van der Waals surface area contributed by atoms with E-state index in [1.807, 2.05) is 0 Å². The second-order valence-electron chi connectivity index (χ2n) is 4.68. The van der Waals surface area contributed by atoms with Crippen LogP contribution in [-0.2, 0) is 4.43 Å². The molecular weight excluding hydrogens is 238 g/mol. The number of benzene rings is 2. The Bertz CT molecular complexity index is 665. The SMILES string of the molecule is CCN1[Si]OC2C=Cc3cccc4ccc1c2c34. The standard InChI is InChI=1S/C15H13NOSi/c1-2-16-12-8-6-10-4-3-5-11-7-9-13(17-18-16)15(12)14(10)11/h3-9,13H,2H2,1H3. The molecule has 0 spiro atoms. The van der Waals surface area contributed by atoms with Gasteiger partial charge in [-0.15, -0.1) is 0 Å². The summed E-state index contributed by atoms with van der Waals surface area (Å²) in [5, 5.41) is 2.68. The summed E-state index contributed by atoms with van der Waals surface area (Å²) in [6.07, 6.45) is 4.51. The normalized spacial score (nSPS) is 20.5. The van der Waals surface area contributed by atoms with Crippen LogP contribution in [0.25, 0.3) is 16.8 Å². The Kier molecular flexibility index (Phi) is 2.13. The number of rotatable bonds is 1. The van der Waals surface area contributed by atoms with Crippen LogP contribution in [0.4, 0.5) is 5.69 Å². The Labute approximate surface area is 109 Å². The summed E-state index contributed by atoms with van der Waals surface area (Å²) in [5.74, 6) is 0. The lowest BCUT2D eigenvalue weighted by molar-refractivity contribution is 0.263. The Morgan fingerprint density at radius 2 is 2.22 bits per heavy atom. The maximum Gasteiger partial charge on any atom is 0.383 e.